The maximum atomic E-state index is 11.4. The van der Waals surface area contributed by atoms with Crippen molar-refractivity contribution in [2.24, 2.45) is 17.3 Å². The molecule has 166 valence electrons. The van der Waals surface area contributed by atoms with E-state index in [0.717, 1.165) is 37.7 Å². The highest BCUT2D eigenvalue weighted by atomic mass is 16.5. The van der Waals surface area contributed by atoms with E-state index >= 15 is 0 Å². The Morgan fingerprint density at radius 2 is 2.03 bits per heavy atom. The van der Waals surface area contributed by atoms with Gasteiger partial charge in [-0.05, 0) is 95.7 Å². The summed E-state index contributed by atoms with van der Waals surface area (Å²) in [6.07, 6.45) is 10.8. The number of pyridine rings is 1. The highest BCUT2D eigenvalue weighted by molar-refractivity contribution is 5.88. The van der Waals surface area contributed by atoms with Gasteiger partial charge in [-0.15, -0.1) is 0 Å². The molecule has 6 nitrogen and oxygen atoms in total. The van der Waals surface area contributed by atoms with Crippen LogP contribution in [0.3, 0.4) is 0 Å². The Hall–Kier alpha value is -3.15. The number of nitrogens with zero attached hydrogens (tertiary/aromatic N) is 1. The highest BCUT2D eigenvalue weighted by Crippen LogP contribution is 2.63. The van der Waals surface area contributed by atoms with Crippen molar-refractivity contribution in [2.75, 3.05) is 6.61 Å². The Bertz CT molecular complexity index is 1120. The van der Waals surface area contributed by atoms with Crippen molar-refractivity contribution >= 4 is 17.5 Å². The Morgan fingerprint density at radius 1 is 1.19 bits per heavy atom. The fraction of sp³-hybridized carbons (Fsp3) is 0.423. The summed E-state index contributed by atoms with van der Waals surface area (Å²) in [6, 6.07) is 7.81. The smallest absolute Gasteiger partial charge is 0.341 e. The van der Waals surface area contributed by atoms with E-state index in [9.17, 15) is 14.7 Å². The highest BCUT2D eigenvalue weighted by Gasteiger charge is 2.52. The normalized spacial score (nSPS) is 28.2. The van der Waals surface area contributed by atoms with Crippen LogP contribution in [0.1, 0.15) is 65.6 Å². The molecule has 32 heavy (non-hydrogen) atoms. The molecule has 0 saturated heterocycles. The molecular formula is C26H27NO5. The number of ether oxygens (including phenoxy) is 1. The number of hydrogen-bond acceptors (Lipinski definition) is 4. The summed E-state index contributed by atoms with van der Waals surface area (Å²) in [5, 5.41) is 18.2. The number of fused-ring (bicyclic) bond motifs is 5. The third kappa shape index (κ3) is 3.38. The third-order valence-corrected chi connectivity index (χ3v) is 7.94. The lowest BCUT2D eigenvalue weighted by molar-refractivity contribution is -0.139. The minimum absolute atomic E-state index is 0.0298. The van der Waals surface area contributed by atoms with Gasteiger partial charge in [-0.2, -0.15) is 0 Å². The van der Waals surface area contributed by atoms with E-state index in [2.05, 4.69) is 24.1 Å². The van der Waals surface area contributed by atoms with Gasteiger partial charge in [-0.1, -0.05) is 19.1 Å². The van der Waals surface area contributed by atoms with Crippen LogP contribution in [0.25, 0.3) is 5.57 Å². The number of carboxylic acid groups (broad SMARTS) is 2. The fourth-order valence-electron chi connectivity index (χ4n) is 6.51. The summed E-state index contributed by atoms with van der Waals surface area (Å²) in [6.45, 7) is 2.02. The lowest BCUT2D eigenvalue weighted by Gasteiger charge is -2.50. The fourth-order valence-corrected chi connectivity index (χ4v) is 6.51. The van der Waals surface area contributed by atoms with Crippen LogP contribution in [0, 0.1) is 17.3 Å². The Morgan fingerprint density at radius 3 is 2.81 bits per heavy atom. The summed E-state index contributed by atoms with van der Waals surface area (Å²) in [5.74, 6) is 0.321. The minimum Gasteiger partial charge on any atom is -0.482 e. The maximum absolute atomic E-state index is 11.4. The van der Waals surface area contributed by atoms with Gasteiger partial charge < -0.3 is 14.9 Å². The molecule has 2 aromatic rings. The lowest BCUT2D eigenvalue weighted by atomic mass is 9.54. The number of aliphatic carboxylic acids is 1. The number of benzene rings is 1. The molecule has 1 fully saturated rings. The molecule has 1 aromatic carbocycles. The zero-order valence-corrected chi connectivity index (χ0v) is 18.1. The van der Waals surface area contributed by atoms with Crippen LogP contribution in [-0.2, 0) is 11.2 Å². The van der Waals surface area contributed by atoms with Crippen molar-refractivity contribution in [1.82, 2.24) is 4.98 Å². The predicted molar refractivity (Wildman–Crippen MR) is 119 cm³/mol. The number of aryl methyl sites for hydroxylation is 1. The molecular weight excluding hydrogens is 406 g/mol. The number of aromatic nitrogens is 1. The van der Waals surface area contributed by atoms with Crippen LogP contribution < -0.4 is 4.74 Å². The molecule has 3 aliphatic rings. The molecule has 4 atom stereocenters. The zero-order chi connectivity index (χ0) is 22.5. The summed E-state index contributed by atoms with van der Waals surface area (Å²) in [5.41, 5.74) is 5.11. The molecule has 6 heteroatoms. The third-order valence-electron chi connectivity index (χ3n) is 7.94. The monoisotopic (exact) mass is 433 g/mol. The molecule has 1 saturated carbocycles. The van der Waals surface area contributed by atoms with Gasteiger partial charge in [0.2, 0.25) is 0 Å². The van der Waals surface area contributed by atoms with Crippen molar-refractivity contribution in [1.29, 1.82) is 0 Å². The molecule has 0 spiro atoms. The van der Waals surface area contributed by atoms with Gasteiger partial charge in [0.15, 0.2) is 6.61 Å². The molecule has 0 aliphatic heterocycles. The standard InChI is InChI=1S/C26H27NO5/c1-26-9-8-20-19-5-3-18(32-14-24(28)29)11-15(19)2-4-21(20)23(26)7-6-22(26)16-10-17(25(30)31)13-27-12-16/h3,5-6,10-13,20-21,23H,2,4,7-9,14H2,1H3,(H,28,29)(H,30,31)/t20?,21?,23?,26-/m1/s1. The Balaban J connectivity index is 1.39. The van der Waals surface area contributed by atoms with Crippen molar-refractivity contribution in [3.8, 4) is 5.75 Å². The summed E-state index contributed by atoms with van der Waals surface area (Å²) < 4.78 is 5.39. The quantitative estimate of drug-likeness (QED) is 0.704. The SMILES string of the molecule is C[C@]12CCC3c4ccc(OCC(=O)O)cc4CCC3C1CC=C2c1cncc(C(=O)O)c1. The first kappa shape index (κ1) is 20.7. The first-order chi connectivity index (χ1) is 15.4. The number of hydrogen-bond donors (Lipinski definition) is 2. The van der Waals surface area contributed by atoms with Crippen LogP contribution in [0.5, 0.6) is 5.75 Å². The second-order valence-electron chi connectivity index (χ2n) is 9.54. The number of carboxylic acids is 2. The van der Waals surface area contributed by atoms with E-state index in [1.807, 2.05) is 12.1 Å². The molecule has 1 heterocycles. The van der Waals surface area contributed by atoms with Crippen LogP contribution in [0.15, 0.2) is 42.7 Å². The predicted octanol–water partition coefficient (Wildman–Crippen LogP) is 4.79. The van der Waals surface area contributed by atoms with Crippen LogP contribution >= 0.6 is 0 Å². The van der Waals surface area contributed by atoms with Crippen LogP contribution in [-0.4, -0.2) is 33.7 Å². The molecule has 0 bridgehead atoms. The first-order valence-corrected chi connectivity index (χ1v) is 11.2. The molecule has 0 amide bonds. The van der Waals surface area contributed by atoms with Crippen molar-refractivity contribution < 1.29 is 24.5 Å². The number of rotatable bonds is 5. The molecule has 1 aromatic heterocycles. The van der Waals surface area contributed by atoms with Gasteiger partial charge in [0.25, 0.3) is 0 Å². The average molecular weight is 434 g/mol. The van der Waals surface area contributed by atoms with Gasteiger partial charge in [0.05, 0.1) is 5.56 Å². The van der Waals surface area contributed by atoms with Crippen LogP contribution in [0.4, 0.5) is 0 Å². The van der Waals surface area contributed by atoms with Gasteiger partial charge in [0.1, 0.15) is 5.75 Å². The second kappa shape index (κ2) is 7.76. The summed E-state index contributed by atoms with van der Waals surface area (Å²) >= 11 is 0. The van der Waals surface area contributed by atoms with Crippen molar-refractivity contribution in [2.45, 2.75) is 44.9 Å². The Labute approximate surface area is 187 Å². The van der Waals surface area contributed by atoms with E-state index in [1.165, 1.54) is 22.9 Å². The summed E-state index contributed by atoms with van der Waals surface area (Å²) in [7, 11) is 0. The second-order valence-corrected chi connectivity index (χ2v) is 9.54. The van der Waals surface area contributed by atoms with E-state index in [0.29, 0.717) is 23.5 Å². The molecule has 0 radical (unpaired) electrons. The van der Waals surface area contributed by atoms with Gasteiger partial charge in [-0.25, -0.2) is 9.59 Å². The van der Waals surface area contributed by atoms with Crippen molar-refractivity contribution in [3.05, 3.63) is 65.0 Å². The molecule has 2 N–H and O–H groups in total. The first-order valence-electron chi connectivity index (χ1n) is 11.2. The molecule has 3 unspecified atom stereocenters. The largest absolute Gasteiger partial charge is 0.482 e. The van der Waals surface area contributed by atoms with Crippen molar-refractivity contribution in [3.63, 3.8) is 0 Å². The van der Waals surface area contributed by atoms with E-state index < -0.39 is 11.9 Å². The van der Waals surface area contributed by atoms with Crippen LogP contribution in [0.2, 0.25) is 0 Å². The zero-order valence-electron chi connectivity index (χ0n) is 18.1. The van der Waals surface area contributed by atoms with Gasteiger partial charge in [-0.3, -0.25) is 4.98 Å². The van der Waals surface area contributed by atoms with E-state index in [-0.39, 0.29) is 17.6 Å². The van der Waals surface area contributed by atoms with E-state index in [1.54, 1.807) is 12.3 Å². The maximum Gasteiger partial charge on any atom is 0.341 e. The van der Waals surface area contributed by atoms with Gasteiger partial charge >= 0.3 is 11.9 Å². The minimum atomic E-state index is -0.969. The number of allylic oxidation sites excluding steroid dienone is 2. The topological polar surface area (TPSA) is 96.7 Å². The summed E-state index contributed by atoms with van der Waals surface area (Å²) in [4.78, 5) is 26.4. The number of carbonyl (C=O) groups is 2. The lowest BCUT2D eigenvalue weighted by Crippen LogP contribution is -2.40. The molecule has 5 rings (SSSR count). The van der Waals surface area contributed by atoms with E-state index in [4.69, 9.17) is 9.84 Å². The average Bonchev–Trinajstić information content (AvgIpc) is 3.14. The van der Waals surface area contributed by atoms with Gasteiger partial charge in [0, 0.05) is 12.4 Å². The molecule has 3 aliphatic carbocycles. The Kier molecular flexibility index (Phi) is 5.03. The number of aromatic carboxylic acids is 1.